The van der Waals surface area contributed by atoms with Crippen LogP contribution in [0.15, 0.2) is 12.2 Å². The number of unbranched alkanes of at least 4 members (excludes halogenated alkanes) is 4. The second kappa shape index (κ2) is 6.89. The second-order valence-electron chi connectivity index (χ2n) is 3.06. The van der Waals surface area contributed by atoms with Gasteiger partial charge in [0.2, 0.25) is 0 Å². The monoisotopic (exact) mass is 169 g/mol. The minimum absolute atomic E-state index is 0.228. The van der Waals surface area contributed by atoms with Gasteiger partial charge in [0.25, 0.3) is 0 Å². The Morgan fingerprint density at radius 3 is 2.33 bits per heavy atom. The van der Waals surface area contributed by atoms with Crippen LogP contribution >= 0.6 is 0 Å². The normalized spacial score (nSPS) is 9.75. The zero-order valence-corrected chi connectivity index (χ0v) is 7.77. The van der Waals surface area contributed by atoms with Crippen LogP contribution in [0.25, 0.3) is 0 Å². The molecule has 2 nitrogen and oxygen atoms in total. The number of rotatable bonds is 7. The number of carboxylic acid groups (broad SMARTS) is 1. The number of carbonyl (C=O) groups excluding carboxylic acids is 1. The van der Waals surface area contributed by atoms with Crippen LogP contribution in [-0.2, 0) is 4.79 Å². The highest BCUT2D eigenvalue weighted by Gasteiger charge is 1.94. The van der Waals surface area contributed by atoms with Crippen molar-refractivity contribution in [1.82, 2.24) is 0 Å². The summed E-state index contributed by atoms with van der Waals surface area (Å²) < 4.78 is 0. The van der Waals surface area contributed by atoms with E-state index in [0.29, 0.717) is 6.42 Å². The third-order valence-corrected chi connectivity index (χ3v) is 1.87. The first-order valence-corrected chi connectivity index (χ1v) is 4.57. The number of carbonyl (C=O) groups is 1. The van der Waals surface area contributed by atoms with E-state index in [9.17, 15) is 9.90 Å². The first kappa shape index (κ1) is 11.2. The lowest BCUT2D eigenvalue weighted by molar-refractivity contribution is -0.299. The molecule has 0 aliphatic carbocycles. The van der Waals surface area contributed by atoms with Gasteiger partial charge in [0.15, 0.2) is 0 Å². The Bertz CT molecular complexity index is 150. The van der Waals surface area contributed by atoms with Gasteiger partial charge in [-0.15, -0.1) is 0 Å². The summed E-state index contributed by atoms with van der Waals surface area (Å²) >= 11 is 0. The first-order chi connectivity index (χ1) is 5.68. The molecule has 0 aromatic heterocycles. The van der Waals surface area contributed by atoms with Gasteiger partial charge >= 0.3 is 0 Å². The Balaban J connectivity index is 3.20. The summed E-state index contributed by atoms with van der Waals surface area (Å²) in [5.74, 6) is -1.11. The molecular formula is C10H17O2-. The van der Waals surface area contributed by atoms with Crippen LogP contribution in [0.1, 0.15) is 45.4 Å². The van der Waals surface area contributed by atoms with Gasteiger partial charge in [-0.2, -0.15) is 0 Å². The average molecular weight is 169 g/mol. The minimum atomic E-state index is -1.11. The summed E-state index contributed by atoms with van der Waals surface area (Å²) in [5, 5.41) is 10.2. The molecule has 0 N–H and O–H groups in total. The molecule has 0 saturated heterocycles. The van der Waals surface area contributed by atoms with Crippen LogP contribution < -0.4 is 5.11 Å². The predicted octanol–water partition coefficient (Wildman–Crippen LogP) is 1.65. The number of hydrogen-bond donors (Lipinski definition) is 0. The van der Waals surface area contributed by atoms with Gasteiger partial charge < -0.3 is 9.90 Å². The van der Waals surface area contributed by atoms with E-state index in [-0.39, 0.29) is 5.57 Å². The van der Waals surface area contributed by atoms with E-state index in [1.807, 2.05) is 0 Å². The Morgan fingerprint density at radius 1 is 1.25 bits per heavy atom. The van der Waals surface area contributed by atoms with Crippen molar-refractivity contribution in [3.8, 4) is 0 Å². The van der Waals surface area contributed by atoms with Crippen LogP contribution in [0.2, 0.25) is 0 Å². The van der Waals surface area contributed by atoms with E-state index in [2.05, 4.69) is 13.5 Å². The molecule has 12 heavy (non-hydrogen) atoms. The van der Waals surface area contributed by atoms with Crippen LogP contribution in [0.4, 0.5) is 0 Å². The summed E-state index contributed by atoms with van der Waals surface area (Å²) in [6.07, 6.45) is 6.23. The SMILES string of the molecule is C=C(CCCCCCC)C(=O)[O-]. The van der Waals surface area contributed by atoms with Crippen LogP contribution in [0, 0.1) is 0 Å². The Labute approximate surface area is 74.3 Å². The van der Waals surface area contributed by atoms with Crippen molar-refractivity contribution in [1.29, 1.82) is 0 Å². The van der Waals surface area contributed by atoms with Crippen molar-refractivity contribution in [3.63, 3.8) is 0 Å². The molecule has 0 fully saturated rings. The Morgan fingerprint density at radius 2 is 1.83 bits per heavy atom. The molecule has 70 valence electrons. The largest absolute Gasteiger partial charge is 0.545 e. The lowest BCUT2D eigenvalue weighted by Gasteiger charge is -2.05. The topological polar surface area (TPSA) is 40.1 Å². The van der Waals surface area contributed by atoms with Crippen molar-refractivity contribution < 1.29 is 9.90 Å². The third-order valence-electron chi connectivity index (χ3n) is 1.87. The zero-order valence-electron chi connectivity index (χ0n) is 7.77. The van der Waals surface area contributed by atoms with E-state index in [0.717, 1.165) is 12.8 Å². The average Bonchev–Trinajstić information content (AvgIpc) is 2.03. The summed E-state index contributed by atoms with van der Waals surface area (Å²) in [7, 11) is 0. The van der Waals surface area contributed by atoms with Crippen LogP contribution in [0.5, 0.6) is 0 Å². The van der Waals surface area contributed by atoms with E-state index < -0.39 is 5.97 Å². The fourth-order valence-electron chi connectivity index (χ4n) is 1.04. The van der Waals surface area contributed by atoms with Crippen molar-refractivity contribution in [2.45, 2.75) is 45.4 Å². The molecule has 0 aliphatic rings. The molecule has 0 unspecified atom stereocenters. The fourth-order valence-corrected chi connectivity index (χ4v) is 1.04. The highest BCUT2D eigenvalue weighted by atomic mass is 16.4. The van der Waals surface area contributed by atoms with Gasteiger partial charge in [-0.3, -0.25) is 0 Å². The molecule has 0 spiro atoms. The van der Waals surface area contributed by atoms with Crippen LogP contribution in [0.3, 0.4) is 0 Å². The summed E-state index contributed by atoms with van der Waals surface area (Å²) in [6.45, 7) is 5.56. The van der Waals surface area contributed by atoms with Crippen molar-refractivity contribution >= 4 is 5.97 Å². The predicted molar refractivity (Wildman–Crippen MR) is 47.5 cm³/mol. The van der Waals surface area contributed by atoms with Crippen molar-refractivity contribution in [2.75, 3.05) is 0 Å². The maximum absolute atomic E-state index is 10.2. The van der Waals surface area contributed by atoms with E-state index in [1.54, 1.807) is 0 Å². The van der Waals surface area contributed by atoms with E-state index in [4.69, 9.17) is 0 Å². The molecule has 0 radical (unpaired) electrons. The van der Waals surface area contributed by atoms with Gasteiger partial charge in [-0.25, -0.2) is 0 Å². The van der Waals surface area contributed by atoms with E-state index >= 15 is 0 Å². The summed E-state index contributed by atoms with van der Waals surface area (Å²) in [6, 6.07) is 0. The molecule has 0 aromatic carbocycles. The minimum Gasteiger partial charge on any atom is -0.545 e. The highest BCUT2D eigenvalue weighted by Crippen LogP contribution is 2.08. The molecule has 0 aliphatic heterocycles. The smallest absolute Gasteiger partial charge is 0.0668 e. The number of hydrogen-bond acceptors (Lipinski definition) is 2. The molecule has 2 heteroatoms. The molecule has 0 saturated carbocycles. The maximum atomic E-state index is 10.2. The number of carboxylic acids is 1. The molecule has 0 aromatic rings. The number of aliphatic carboxylic acids is 1. The summed E-state index contributed by atoms with van der Waals surface area (Å²) in [4.78, 5) is 10.2. The molecule has 0 bridgehead atoms. The first-order valence-electron chi connectivity index (χ1n) is 4.57. The summed E-state index contributed by atoms with van der Waals surface area (Å²) in [5.41, 5.74) is 0.228. The van der Waals surface area contributed by atoms with Crippen LogP contribution in [-0.4, -0.2) is 5.97 Å². The van der Waals surface area contributed by atoms with Gasteiger partial charge in [0.05, 0.1) is 5.97 Å². The Hall–Kier alpha value is -0.790. The quantitative estimate of drug-likeness (QED) is 0.429. The second-order valence-corrected chi connectivity index (χ2v) is 3.06. The fraction of sp³-hybridized carbons (Fsp3) is 0.700. The van der Waals surface area contributed by atoms with E-state index in [1.165, 1.54) is 19.3 Å². The molecule has 0 heterocycles. The van der Waals surface area contributed by atoms with Gasteiger partial charge in [0, 0.05) is 0 Å². The van der Waals surface area contributed by atoms with Gasteiger partial charge in [0.1, 0.15) is 0 Å². The van der Waals surface area contributed by atoms with Crippen molar-refractivity contribution in [3.05, 3.63) is 12.2 Å². The maximum Gasteiger partial charge on any atom is 0.0668 e. The van der Waals surface area contributed by atoms with Crippen molar-refractivity contribution in [2.24, 2.45) is 0 Å². The third kappa shape index (κ3) is 5.96. The molecular weight excluding hydrogens is 152 g/mol. The van der Waals surface area contributed by atoms with Gasteiger partial charge in [-0.05, 0) is 18.4 Å². The molecule has 0 rings (SSSR count). The Kier molecular flexibility index (Phi) is 6.44. The lowest BCUT2D eigenvalue weighted by atomic mass is 10.1. The highest BCUT2D eigenvalue weighted by molar-refractivity contribution is 5.83. The zero-order chi connectivity index (χ0) is 9.40. The molecule has 0 amide bonds. The lowest BCUT2D eigenvalue weighted by Crippen LogP contribution is -2.23. The standard InChI is InChI=1S/C10H18O2/c1-3-4-5-6-7-8-9(2)10(11)12/h2-8H2,1H3,(H,11,12)/p-1. The van der Waals surface area contributed by atoms with Gasteiger partial charge in [-0.1, -0.05) is 39.2 Å². The molecule has 0 atom stereocenters.